The van der Waals surface area contributed by atoms with Crippen molar-refractivity contribution in [2.75, 3.05) is 20.6 Å². The van der Waals surface area contributed by atoms with Crippen LogP contribution < -0.4 is 10.1 Å². The van der Waals surface area contributed by atoms with Gasteiger partial charge in [-0.15, -0.1) is 0 Å². The number of nitrogens with one attached hydrogen (secondary N) is 1. The third-order valence-corrected chi connectivity index (χ3v) is 6.75. The lowest BCUT2D eigenvalue weighted by Crippen LogP contribution is -2.44. The topological polar surface area (TPSA) is 41.6 Å². The Morgan fingerprint density at radius 1 is 1.20 bits per heavy atom. The van der Waals surface area contributed by atoms with E-state index in [2.05, 4.69) is 44.2 Å². The van der Waals surface area contributed by atoms with Crippen LogP contribution in [-0.4, -0.2) is 43.1 Å². The van der Waals surface area contributed by atoms with E-state index >= 15 is 0 Å². The molecule has 136 valence electrons. The minimum absolute atomic E-state index is 0.0604. The molecule has 0 saturated heterocycles. The van der Waals surface area contributed by atoms with E-state index in [4.69, 9.17) is 4.74 Å². The zero-order chi connectivity index (χ0) is 17.8. The third kappa shape index (κ3) is 2.75. The van der Waals surface area contributed by atoms with Crippen molar-refractivity contribution in [1.29, 1.82) is 0 Å². The number of fused-ring (bicyclic) bond motifs is 2. The SMILES string of the molecule is Cc1c2c(cc3c1C(=O)NCC3)CC(C)(C1CCC(N(C)C)CC1)O2. The lowest BCUT2D eigenvalue weighted by molar-refractivity contribution is 0.0158. The number of carbonyl (C=O) groups is 1. The molecule has 1 N–H and O–H groups in total. The van der Waals surface area contributed by atoms with Gasteiger partial charge in [0, 0.05) is 30.1 Å². The minimum Gasteiger partial charge on any atom is -0.486 e. The fourth-order valence-corrected chi connectivity index (χ4v) is 5.21. The molecule has 1 atom stereocenters. The van der Waals surface area contributed by atoms with Crippen molar-refractivity contribution in [3.8, 4) is 5.75 Å². The summed E-state index contributed by atoms with van der Waals surface area (Å²) in [4.78, 5) is 14.7. The highest BCUT2D eigenvalue weighted by atomic mass is 16.5. The summed E-state index contributed by atoms with van der Waals surface area (Å²) < 4.78 is 6.58. The summed E-state index contributed by atoms with van der Waals surface area (Å²) in [5, 5.41) is 2.97. The molecule has 1 aromatic rings. The molecule has 0 aromatic heterocycles. The van der Waals surface area contributed by atoms with Crippen molar-refractivity contribution in [3.05, 3.63) is 28.3 Å². The summed E-state index contributed by atoms with van der Waals surface area (Å²) in [6, 6.07) is 2.95. The van der Waals surface area contributed by atoms with E-state index in [0.717, 1.165) is 36.3 Å². The van der Waals surface area contributed by atoms with Crippen LogP contribution in [-0.2, 0) is 12.8 Å². The number of carbonyl (C=O) groups excluding carboxylic acids is 1. The van der Waals surface area contributed by atoms with Crippen molar-refractivity contribution in [1.82, 2.24) is 10.2 Å². The number of hydrogen-bond donors (Lipinski definition) is 1. The van der Waals surface area contributed by atoms with Crippen LogP contribution in [0.3, 0.4) is 0 Å². The first-order chi connectivity index (χ1) is 11.9. The van der Waals surface area contributed by atoms with E-state index in [-0.39, 0.29) is 11.5 Å². The van der Waals surface area contributed by atoms with Crippen molar-refractivity contribution in [3.63, 3.8) is 0 Å². The Bertz CT molecular complexity index is 704. The molecule has 25 heavy (non-hydrogen) atoms. The Labute approximate surface area is 150 Å². The molecule has 1 amide bonds. The number of hydrogen-bond acceptors (Lipinski definition) is 3. The maximum absolute atomic E-state index is 12.3. The molecule has 4 nitrogen and oxygen atoms in total. The van der Waals surface area contributed by atoms with Gasteiger partial charge in [0.15, 0.2) is 0 Å². The van der Waals surface area contributed by atoms with Gasteiger partial charge in [0.25, 0.3) is 5.91 Å². The maximum Gasteiger partial charge on any atom is 0.251 e. The first-order valence-corrected chi connectivity index (χ1v) is 9.68. The second-order valence-corrected chi connectivity index (χ2v) is 8.59. The number of benzene rings is 1. The van der Waals surface area contributed by atoms with Gasteiger partial charge in [-0.05, 0) is 77.1 Å². The number of ether oxygens (including phenoxy) is 1. The molecule has 4 rings (SSSR count). The van der Waals surface area contributed by atoms with Crippen LogP contribution in [0.15, 0.2) is 6.07 Å². The van der Waals surface area contributed by atoms with Gasteiger partial charge in [-0.2, -0.15) is 0 Å². The maximum atomic E-state index is 12.3. The number of rotatable bonds is 2. The fraction of sp³-hybridized carbons (Fsp3) is 0.667. The molecular formula is C21H30N2O2. The molecule has 0 bridgehead atoms. The van der Waals surface area contributed by atoms with Gasteiger partial charge in [0.1, 0.15) is 11.4 Å². The monoisotopic (exact) mass is 342 g/mol. The summed E-state index contributed by atoms with van der Waals surface area (Å²) >= 11 is 0. The zero-order valence-electron chi connectivity index (χ0n) is 15.9. The first kappa shape index (κ1) is 16.9. The van der Waals surface area contributed by atoms with Crippen molar-refractivity contribution in [2.24, 2.45) is 5.92 Å². The normalized spacial score (nSPS) is 31.3. The Hall–Kier alpha value is -1.55. The van der Waals surface area contributed by atoms with E-state index in [9.17, 15) is 4.79 Å². The average Bonchev–Trinajstić information content (AvgIpc) is 2.93. The third-order valence-electron chi connectivity index (χ3n) is 6.75. The van der Waals surface area contributed by atoms with Gasteiger partial charge in [0.05, 0.1) is 0 Å². The summed E-state index contributed by atoms with van der Waals surface area (Å²) in [6.45, 7) is 5.08. The zero-order valence-corrected chi connectivity index (χ0v) is 15.9. The molecule has 1 fully saturated rings. The van der Waals surface area contributed by atoms with E-state index in [1.165, 1.54) is 36.8 Å². The van der Waals surface area contributed by atoms with Gasteiger partial charge in [-0.25, -0.2) is 0 Å². The highest BCUT2D eigenvalue weighted by molar-refractivity contribution is 5.99. The summed E-state index contributed by atoms with van der Waals surface area (Å²) in [5.41, 5.74) is 4.28. The van der Waals surface area contributed by atoms with Crippen molar-refractivity contribution in [2.45, 2.75) is 64.0 Å². The number of nitrogens with zero attached hydrogens (tertiary/aromatic N) is 1. The van der Waals surface area contributed by atoms with Gasteiger partial charge in [-0.3, -0.25) is 4.79 Å². The van der Waals surface area contributed by atoms with Crippen LogP contribution in [0.5, 0.6) is 5.75 Å². The predicted octanol–water partition coefficient (Wildman–Crippen LogP) is 3.09. The van der Waals surface area contributed by atoms with Crippen LogP contribution >= 0.6 is 0 Å². The van der Waals surface area contributed by atoms with Crippen LogP contribution in [0, 0.1) is 12.8 Å². The van der Waals surface area contributed by atoms with Gasteiger partial charge < -0.3 is 15.0 Å². The second-order valence-electron chi connectivity index (χ2n) is 8.59. The molecule has 1 unspecified atom stereocenters. The molecule has 4 heteroatoms. The Balaban J connectivity index is 1.59. The molecule has 0 spiro atoms. The quantitative estimate of drug-likeness (QED) is 0.898. The average molecular weight is 342 g/mol. The lowest BCUT2D eigenvalue weighted by Gasteiger charge is -2.40. The van der Waals surface area contributed by atoms with E-state index in [1.807, 2.05) is 0 Å². The lowest BCUT2D eigenvalue weighted by atomic mass is 9.74. The molecule has 1 saturated carbocycles. The van der Waals surface area contributed by atoms with Crippen LogP contribution in [0.1, 0.15) is 59.7 Å². The molecule has 2 heterocycles. The first-order valence-electron chi connectivity index (χ1n) is 9.68. The summed E-state index contributed by atoms with van der Waals surface area (Å²) in [5.74, 6) is 1.64. The molecule has 1 aromatic carbocycles. The number of amides is 1. The molecule has 2 aliphatic heterocycles. The summed E-state index contributed by atoms with van der Waals surface area (Å²) in [7, 11) is 4.38. The highest BCUT2D eigenvalue weighted by Crippen LogP contribution is 2.47. The fourth-order valence-electron chi connectivity index (χ4n) is 5.21. The standard InChI is InChI=1S/C21H30N2O2/c1-13-18-14(9-10-22-20(18)24)11-15-12-21(2,25-19(13)15)16-5-7-17(8-6-16)23(3)4/h11,16-17H,5-10,12H2,1-4H3,(H,22,24). The smallest absolute Gasteiger partial charge is 0.251 e. The van der Waals surface area contributed by atoms with E-state index < -0.39 is 0 Å². The molecule has 1 aliphatic carbocycles. The Morgan fingerprint density at radius 2 is 1.92 bits per heavy atom. The largest absolute Gasteiger partial charge is 0.486 e. The van der Waals surface area contributed by atoms with Crippen LogP contribution in [0.25, 0.3) is 0 Å². The van der Waals surface area contributed by atoms with E-state index in [0.29, 0.717) is 12.0 Å². The van der Waals surface area contributed by atoms with Crippen LogP contribution in [0.2, 0.25) is 0 Å². The van der Waals surface area contributed by atoms with Crippen LogP contribution in [0.4, 0.5) is 0 Å². The van der Waals surface area contributed by atoms with Gasteiger partial charge in [-0.1, -0.05) is 6.07 Å². The predicted molar refractivity (Wildman–Crippen MR) is 99.4 cm³/mol. The second kappa shape index (κ2) is 6.01. The highest BCUT2D eigenvalue weighted by Gasteiger charge is 2.45. The Kier molecular flexibility index (Phi) is 4.06. The minimum atomic E-state index is -0.120. The van der Waals surface area contributed by atoms with E-state index in [1.54, 1.807) is 0 Å². The van der Waals surface area contributed by atoms with Gasteiger partial charge in [0.2, 0.25) is 0 Å². The molecule has 3 aliphatic rings. The van der Waals surface area contributed by atoms with Crippen molar-refractivity contribution < 1.29 is 9.53 Å². The molecule has 0 radical (unpaired) electrons. The Morgan fingerprint density at radius 3 is 2.60 bits per heavy atom. The van der Waals surface area contributed by atoms with Crippen molar-refractivity contribution >= 4 is 5.91 Å². The van der Waals surface area contributed by atoms with Gasteiger partial charge >= 0.3 is 0 Å². The summed E-state index contributed by atoms with van der Waals surface area (Å²) in [6.07, 6.45) is 6.88. The molecular weight excluding hydrogens is 312 g/mol.